The third kappa shape index (κ3) is 2.74. The summed E-state index contributed by atoms with van der Waals surface area (Å²) in [5.41, 5.74) is 4.34. The molecule has 0 radical (unpaired) electrons. The van der Waals surface area contributed by atoms with E-state index in [1.165, 1.54) is 5.56 Å². The summed E-state index contributed by atoms with van der Waals surface area (Å²) in [7, 11) is 1.77. The Morgan fingerprint density at radius 2 is 2.16 bits per heavy atom. The van der Waals surface area contributed by atoms with E-state index in [0.29, 0.717) is 24.3 Å². The number of carbonyl (C=O) groups excluding carboxylic acids is 1. The van der Waals surface area contributed by atoms with E-state index in [0.717, 1.165) is 36.5 Å². The smallest absolute Gasteiger partial charge is 0.269 e. The van der Waals surface area contributed by atoms with Gasteiger partial charge in [0, 0.05) is 25.8 Å². The summed E-state index contributed by atoms with van der Waals surface area (Å²) in [4.78, 5) is 19.1. The van der Waals surface area contributed by atoms with Gasteiger partial charge in [-0.25, -0.2) is 4.98 Å². The Balaban J connectivity index is 1.43. The normalized spacial score (nSPS) is 16.3. The number of nitrogens with one attached hydrogen (secondary N) is 1. The Morgan fingerprint density at radius 3 is 2.84 bits per heavy atom. The first-order valence-corrected chi connectivity index (χ1v) is 8.54. The number of amides is 1. The van der Waals surface area contributed by atoms with Crippen LogP contribution < -0.4 is 10.2 Å². The molecule has 0 unspecified atom stereocenters. The van der Waals surface area contributed by atoms with Gasteiger partial charge in [0.05, 0.1) is 17.3 Å². The van der Waals surface area contributed by atoms with E-state index in [-0.39, 0.29) is 11.9 Å². The lowest BCUT2D eigenvalue weighted by Crippen LogP contribution is -2.60. The van der Waals surface area contributed by atoms with Crippen LogP contribution in [-0.2, 0) is 19.9 Å². The zero-order valence-corrected chi connectivity index (χ0v) is 14.4. The highest BCUT2D eigenvalue weighted by atomic mass is 16.2. The molecule has 1 amide bonds. The standard InChI is InChI=1S/C18H20N6O/c1-11-6-16(23(2)22-11)18(25)20-14-9-24(10-14)17-13(8-19)7-12-4-3-5-15(12)21-17/h6-7,14H,3-5,9-10H2,1-2H3,(H,20,25). The number of nitriles is 1. The topological polar surface area (TPSA) is 86.8 Å². The minimum Gasteiger partial charge on any atom is -0.351 e. The summed E-state index contributed by atoms with van der Waals surface area (Å²) in [6.07, 6.45) is 3.11. The highest BCUT2D eigenvalue weighted by Crippen LogP contribution is 2.29. The fourth-order valence-electron chi connectivity index (χ4n) is 3.61. The molecule has 0 spiro atoms. The molecular formula is C18H20N6O. The number of fused-ring (bicyclic) bond motifs is 1. The van der Waals surface area contributed by atoms with E-state index >= 15 is 0 Å². The average molecular weight is 336 g/mol. The number of hydrogen-bond acceptors (Lipinski definition) is 5. The Bertz CT molecular complexity index is 888. The number of rotatable bonds is 3. The summed E-state index contributed by atoms with van der Waals surface area (Å²) in [6.45, 7) is 3.21. The van der Waals surface area contributed by atoms with Gasteiger partial charge in [0.1, 0.15) is 17.6 Å². The van der Waals surface area contributed by atoms with E-state index in [2.05, 4.69) is 21.4 Å². The number of aromatic nitrogens is 3. The minimum absolute atomic E-state index is 0.0595. The molecule has 2 aromatic heterocycles. The van der Waals surface area contributed by atoms with Gasteiger partial charge >= 0.3 is 0 Å². The number of hydrogen-bond donors (Lipinski definition) is 1. The molecule has 2 aliphatic rings. The Kier molecular flexibility index (Phi) is 3.68. The largest absolute Gasteiger partial charge is 0.351 e. The van der Waals surface area contributed by atoms with Gasteiger partial charge in [-0.15, -0.1) is 0 Å². The lowest BCUT2D eigenvalue weighted by atomic mass is 10.1. The van der Waals surface area contributed by atoms with E-state index in [9.17, 15) is 10.1 Å². The molecule has 1 fully saturated rings. The molecule has 3 heterocycles. The van der Waals surface area contributed by atoms with Crippen LogP contribution in [0.4, 0.5) is 5.82 Å². The van der Waals surface area contributed by atoms with Crippen LogP contribution in [0.5, 0.6) is 0 Å². The lowest BCUT2D eigenvalue weighted by molar-refractivity contribution is 0.0920. The van der Waals surface area contributed by atoms with Crippen LogP contribution >= 0.6 is 0 Å². The van der Waals surface area contributed by atoms with Crippen LogP contribution in [0.25, 0.3) is 0 Å². The Labute approximate surface area is 146 Å². The Morgan fingerprint density at radius 1 is 1.36 bits per heavy atom. The van der Waals surface area contributed by atoms with Crippen LogP contribution in [0.15, 0.2) is 12.1 Å². The van der Waals surface area contributed by atoms with Crippen molar-refractivity contribution in [2.45, 2.75) is 32.2 Å². The van der Waals surface area contributed by atoms with E-state index in [1.54, 1.807) is 17.8 Å². The first-order valence-electron chi connectivity index (χ1n) is 8.54. The van der Waals surface area contributed by atoms with Gasteiger partial charge in [-0.3, -0.25) is 9.48 Å². The quantitative estimate of drug-likeness (QED) is 0.907. The zero-order chi connectivity index (χ0) is 17.6. The molecule has 7 nitrogen and oxygen atoms in total. The molecule has 1 saturated heterocycles. The van der Waals surface area contributed by atoms with Gasteiger partial charge in [0.2, 0.25) is 0 Å². The number of anilines is 1. The SMILES string of the molecule is Cc1cc(C(=O)NC2CN(c3nc4c(cc3C#N)CCC4)C2)n(C)n1. The van der Waals surface area contributed by atoms with E-state index in [4.69, 9.17) is 4.98 Å². The second-order valence-electron chi connectivity index (χ2n) is 6.80. The molecule has 0 atom stereocenters. The van der Waals surface area contributed by atoms with Crippen LogP contribution in [-0.4, -0.2) is 39.8 Å². The fourth-order valence-corrected chi connectivity index (χ4v) is 3.61. The van der Waals surface area contributed by atoms with Crippen molar-refractivity contribution in [1.29, 1.82) is 5.26 Å². The second kappa shape index (κ2) is 5.88. The molecule has 0 saturated carbocycles. The molecule has 1 aliphatic carbocycles. The molecule has 1 N–H and O–H groups in total. The van der Waals surface area contributed by atoms with Gasteiger partial charge in [0.15, 0.2) is 0 Å². The molecule has 0 aromatic carbocycles. The van der Waals surface area contributed by atoms with Gasteiger partial charge in [-0.2, -0.15) is 10.4 Å². The summed E-state index contributed by atoms with van der Waals surface area (Å²) in [5.74, 6) is 0.639. The molecular weight excluding hydrogens is 316 g/mol. The summed E-state index contributed by atoms with van der Waals surface area (Å²) in [6, 6.07) is 6.08. The van der Waals surface area contributed by atoms with Gasteiger partial charge < -0.3 is 10.2 Å². The maximum atomic E-state index is 12.3. The first kappa shape index (κ1) is 15.6. The third-order valence-electron chi connectivity index (χ3n) is 4.90. The number of aryl methyl sites for hydroxylation is 4. The van der Waals surface area contributed by atoms with Crippen molar-refractivity contribution >= 4 is 11.7 Å². The highest BCUT2D eigenvalue weighted by molar-refractivity contribution is 5.93. The highest BCUT2D eigenvalue weighted by Gasteiger charge is 2.32. The lowest BCUT2D eigenvalue weighted by Gasteiger charge is -2.40. The molecule has 2 aromatic rings. The van der Waals surface area contributed by atoms with E-state index in [1.807, 2.05) is 13.0 Å². The van der Waals surface area contributed by atoms with Gasteiger partial charge in [-0.1, -0.05) is 0 Å². The van der Waals surface area contributed by atoms with Gasteiger partial charge in [-0.05, 0) is 43.9 Å². The monoisotopic (exact) mass is 336 g/mol. The van der Waals surface area contributed by atoms with Crippen molar-refractivity contribution in [2.75, 3.05) is 18.0 Å². The molecule has 25 heavy (non-hydrogen) atoms. The van der Waals surface area contributed by atoms with Crippen molar-refractivity contribution in [3.63, 3.8) is 0 Å². The van der Waals surface area contributed by atoms with Crippen molar-refractivity contribution in [3.05, 3.63) is 40.3 Å². The Hall–Kier alpha value is -2.88. The van der Waals surface area contributed by atoms with Crippen LogP contribution in [0, 0.1) is 18.3 Å². The number of carbonyl (C=O) groups is 1. The van der Waals surface area contributed by atoms with Crippen LogP contribution in [0.1, 0.15) is 39.4 Å². The average Bonchev–Trinajstić information content (AvgIpc) is 3.14. The zero-order valence-electron chi connectivity index (χ0n) is 14.4. The maximum absolute atomic E-state index is 12.3. The fraction of sp³-hybridized carbons (Fsp3) is 0.444. The van der Waals surface area contributed by atoms with Crippen molar-refractivity contribution in [1.82, 2.24) is 20.1 Å². The van der Waals surface area contributed by atoms with Crippen molar-refractivity contribution < 1.29 is 4.79 Å². The number of pyridine rings is 1. The van der Waals surface area contributed by atoms with Crippen LogP contribution in [0.3, 0.4) is 0 Å². The molecule has 7 heteroatoms. The molecule has 128 valence electrons. The maximum Gasteiger partial charge on any atom is 0.269 e. The number of nitrogens with zero attached hydrogens (tertiary/aromatic N) is 5. The van der Waals surface area contributed by atoms with Crippen molar-refractivity contribution in [3.8, 4) is 6.07 Å². The summed E-state index contributed by atoms with van der Waals surface area (Å²) in [5, 5.41) is 16.6. The minimum atomic E-state index is -0.116. The van der Waals surface area contributed by atoms with Crippen molar-refractivity contribution in [2.24, 2.45) is 7.05 Å². The second-order valence-corrected chi connectivity index (χ2v) is 6.80. The summed E-state index contributed by atoms with van der Waals surface area (Å²) >= 11 is 0. The third-order valence-corrected chi connectivity index (χ3v) is 4.90. The first-order chi connectivity index (χ1) is 12.0. The van der Waals surface area contributed by atoms with Crippen LogP contribution in [0.2, 0.25) is 0 Å². The predicted octanol–water partition coefficient (Wildman–Crippen LogP) is 1.10. The molecule has 4 rings (SSSR count). The van der Waals surface area contributed by atoms with Gasteiger partial charge in [0.25, 0.3) is 5.91 Å². The predicted molar refractivity (Wildman–Crippen MR) is 92.4 cm³/mol. The summed E-state index contributed by atoms with van der Waals surface area (Å²) < 4.78 is 1.59. The van der Waals surface area contributed by atoms with E-state index < -0.39 is 0 Å². The molecule has 0 bridgehead atoms. The molecule has 1 aliphatic heterocycles.